The summed E-state index contributed by atoms with van der Waals surface area (Å²) in [7, 11) is -0.744. The van der Waals surface area contributed by atoms with Crippen molar-refractivity contribution in [1.29, 1.82) is 0 Å². The first-order chi connectivity index (χ1) is 14.7. The number of hydrogen-bond donors (Lipinski definition) is 1. The minimum absolute atomic E-state index is 0.551. The van der Waals surface area contributed by atoms with E-state index in [0.717, 1.165) is 21.1 Å². The van der Waals surface area contributed by atoms with Crippen LogP contribution in [0.15, 0.2) is 122 Å². The minimum Gasteiger partial charge on any atom is -0.606 e. The second kappa shape index (κ2) is 8.67. The van der Waals surface area contributed by atoms with Crippen molar-refractivity contribution in [2.24, 2.45) is 0 Å². The van der Waals surface area contributed by atoms with Crippen molar-refractivity contribution in [3.8, 4) is 5.75 Å². The maximum atomic E-state index is 13.1. The lowest BCUT2D eigenvalue weighted by Crippen LogP contribution is -2.12. The zero-order chi connectivity index (χ0) is 20.5. The maximum absolute atomic E-state index is 13.1. The molecule has 5 rings (SSSR count). The number of thiol groups is 1. The Labute approximate surface area is 196 Å². The standard InChI is InChI=1S/C25H19IO2S2/c26-19-11-9-18(10-12-19)17-28-20-13-15-21(16-14-20)29-22-5-1-3-7-24(22)30(27)25-8-4-2-6-23(25)29/h1-16,29H,17H2. The predicted octanol–water partition coefficient (Wildman–Crippen LogP) is 6.83. The predicted molar refractivity (Wildman–Crippen MR) is 131 cm³/mol. The number of benzene rings is 4. The van der Waals surface area contributed by atoms with Gasteiger partial charge in [-0.25, -0.2) is 0 Å². The van der Waals surface area contributed by atoms with Gasteiger partial charge >= 0.3 is 0 Å². The number of ether oxygens (including phenoxy) is 1. The lowest BCUT2D eigenvalue weighted by atomic mass is 10.2. The Kier molecular flexibility index (Phi) is 5.78. The Morgan fingerprint density at radius 1 is 0.733 bits per heavy atom. The van der Waals surface area contributed by atoms with Crippen LogP contribution in [0.3, 0.4) is 0 Å². The monoisotopic (exact) mass is 542 g/mol. The van der Waals surface area contributed by atoms with Crippen LogP contribution in [0, 0.1) is 3.57 Å². The van der Waals surface area contributed by atoms with Gasteiger partial charge < -0.3 is 9.29 Å². The molecule has 150 valence electrons. The summed E-state index contributed by atoms with van der Waals surface area (Å²) in [4.78, 5) is 5.46. The van der Waals surface area contributed by atoms with Crippen molar-refractivity contribution < 1.29 is 9.29 Å². The molecule has 4 aromatic rings. The summed E-state index contributed by atoms with van der Waals surface area (Å²) in [6.45, 7) is 0.551. The van der Waals surface area contributed by atoms with E-state index in [2.05, 4.69) is 71.1 Å². The highest BCUT2D eigenvalue weighted by molar-refractivity contribution is 14.1. The van der Waals surface area contributed by atoms with E-state index in [-0.39, 0.29) is 0 Å². The van der Waals surface area contributed by atoms with Gasteiger partial charge in [-0.05, 0) is 93.7 Å². The topological polar surface area (TPSA) is 32.3 Å². The highest BCUT2D eigenvalue weighted by atomic mass is 127. The van der Waals surface area contributed by atoms with Crippen molar-refractivity contribution in [3.63, 3.8) is 0 Å². The Hall–Kier alpha value is -1.93. The maximum Gasteiger partial charge on any atom is 0.170 e. The fourth-order valence-corrected chi connectivity index (χ4v) is 8.45. The van der Waals surface area contributed by atoms with Crippen LogP contribution in [0.1, 0.15) is 5.56 Å². The summed E-state index contributed by atoms with van der Waals surface area (Å²) in [5, 5.41) is 0. The highest BCUT2D eigenvalue weighted by Gasteiger charge is 2.33. The molecule has 30 heavy (non-hydrogen) atoms. The van der Waals surface area contributed by atoms with E-state index in [1.54, 1.807) is 0 Å². The first-order valence-corrected chi connectivity index (χ1v) is 13.1. The van der Waals surface area contributed by atoms with Crippen LogP contribution in [0.5, 0.6) is 5.75 Å². The van der Waals surface area contributed by atoms with E-state index in [1.807, 2.05) is 48.5 Å². The molecule has 0 radical (unpaired) electrons. The molecule has 0 fully saturated rings. The fourth-order valence-electron chi connectivity index (χ4n) is 3.56. The van der Waals surface area contributed by atoms with Gasteiger partial charge in [-0.2, -0.15) is 10.9 Å². The second-order valence-electron chi connectivity index (χ2n) is 6.95. The molecule has 1 heterocycles. The van der Waals surface area contributed by atoms with Crippen LogP contribution in [-0.2, 0) is 17.8 Å². The van der Waals surface area contributed by atoms with E-state index in [1.165, 1.54) is 18.3 Å². The van der Waals surface area contributed by atoms with Gasteiger partial charge in [-0.1, -0.05) is 36.4 Å². The molecular formula is C25H19IO2S2. The van der Waals surface area contributed by atoms with Crippen LogP contribution >= 0.6 is 33.5 Å². The molecule has 0 amide bonds. The van der Waals surface area contributed by atoms with Crippen molar-refractivity contribution in [2.75, 3.05) is 0 Å². The molecule has 0 unspecified atom stereocenters. The highest BCUT2D eigenvalue weighted by Crippen LogP contribution is 2.59. The van der Waals surface area contributed by atoms with Crippen LogP contribution < -0.4 is 4.74 Å². The van der Waals surface area contributed by atoms with Gasteiger partial charge in [0.2, 0.25) is 0 Å². The van der Waals surface area contributed by atoms with Crippen LogP contribution in [0.4, 0.5) is 0 Å². The summed E-state index contributed by atoms with van der Waals surface area (Å²) < 4.78 is 20.3. The number of hydrogen-bond acceptors (Lipinski definition) is 2. The summed E-state index contributed by atoms with van der Waals surface area (Å²) in [6.07, 6.45) is 0. The fraction of sp³-hybridized carbons (Fsp3) is 0.0400. The Bertz CT molecular complexity index is 1130. The smallest absolute Gasteiger partial charge is 0.170 e. The third kappa shape index (κ3) is 3.87. The molecule has 0 N–H and O–H groups in total. The summed E-state index contributed by atoms with van der Waals surface area (Å²) >= 11 is 1.18. The van der Waals surface area contributed by atoms with E-state index < -0.39 is 22.1 Å². The lowest BCUT2D eigenvalue weighted by Gasteiger charge is -2.31. The SMILES string of the molecule is [O-][S+]1c2ccccc2[SH](c2ccc(OCc3ccc(I)cc3)cc2)c2ccccc21. The Morgan fingerprint density at radius 3 is 1.90 bits per heavy atom. The van der Waals surface area contributed by atoms with Gasteiger partial charge in [-0.3, -0.25) is 0 Å². The molecule has 0 spiro atoms. The molecule has 4 aromatic carbocycles. The molecule has 0 aromatic heterocycles. The molecule has 0 bridgehead atoms. The van der Waals surface area contributed by atoms with E-state index in [4.69, 9.17) is 4.74 Å². The van der Waals surface area contributed by atoms with Gasteiger partial charge in [0.05, 0.1) is 9.79 Å². The zero-order valence-electron chi connectivity index (χ0n) is 16.0. The van der Waals surface area contributed by atoms with E-state index in [0.29, 0.717) is 6.61 Å². The van der Waals surface area contributed by atoms with Gasteiger partial charge in [-0.15, -0.1) is 0 Å². The molecule has 1 aliphatic rings. The van der Waals surface area contributed by atoms with E-state index >= 15 is 0 Å². The number of fused-ring (bicyclic) bond motifs is 2. The summed E-state index contributed by atoms with van der Waals surface area (Å²) in [6, 6.07) is 33.0. The normalized spacial score (nSPS) is 18.3. The molecule has 0 saturated heterocycles. The average Bonchev–Trinajstić information content (AvgIpc) is 2.80. The number of halogens is 1. The lowest BCUT2D eigenvalue weighted by molar-refractivity contribution is 0.306. The molecule has 5 heteroatoms. The van der Waals surface area contributed by atoms with Crippen molar-refractivity contribution >= 4 is 44.7 Å². The molecule has 1 aliphatic heterocycles. The Balaban J connectivity index is 1.44. The van der Waals surface area contributed by atoms with Crippen molar-refractivity contribution in [1.82, 2.24) is 0 Å². The zero-order valence-corrected chi connectivity index (χ0v) is 19.9. The van der Waals surface area contributed by atoms with Crippen LogP contribution in [-0.4, -0.2) is 4.55 Å². The first kappa shape index (κ1) is 20.0. The van der Waals surface area contributed by atoms with Gasteiger partial charge in [0.25, 0.3) is 0 Å². The average molecular weight is 542 g/mol. The van der Waals surface area contributed by atoms with Crippen molar-refractivity contribution in [2.45, 2.75) is 31.1 Å². The molecule has 0 saturated carbocycles. The Morgan fingerprint density at radius 2 is 1.30 bits per heavy atom. The molecule has 2 nitrogen and oxygen atoms in total. The molecule has 0 aliphatic carbocycles. The van der Waals surface area contributed by atoms with Gasteiger partial charge in [0.1, 0.15) is 12.4 Å². The second-order valence-corrected chi connectivity index (χ2v) is 11.8. The number of rotatable bonds is 4. The van der Waals surface area contributed by atoms with Crippen molar-refractivity contribution in [3.05, 3.63) is 106 Å². The first-order valence-electron chi connectivity index (χ1n) is 9.58. The van der Waals surface area contributed by atoms with Gasteiger partial charge in [0, 0.05) is 14.7 Å². The van der Waals surface area contributed by atoms with Crippen LogP contribution in [0.25, 0.3) is 0 Å². The van der Waals surface area contributed by atoms with E-state index in [9.17, 15) is 4.55 Å². The molecular weight excluding hydrogens is 523 g/mol. The largest absolute Gasteiger partial charge is 0.606 e. The third-order valence-corrected chi connectivity index (χ3v) is 10.1. The van der Waals surface area contributed by atoms with Gasteiger partial charge in [0.15, 0.2) is 9.79 Å². The van der Waals surface area contributed by atoms with Crippen LogP contribution in [0.2, 0.25) is 0 Å². The minimum atomic E-state index is -1.12. The summed E-state index contributed by atoms with van der Waals surface area (Å²) in [5.41, 5.74) is 1.15. The third-order valence-electron chi connectivity index (χ3n) is 5.03. The quantitative estimate of drug-likeness (QED) is 0.174. The molecule has 0 atom stereocenters. The summed E-state index contributed by atoms with van der Waals surface area (Å²) in [5.74, 6) is 0.856.